The molecule has 21 heavy (non-hydrogen) atoms. The summed E-state index contributed by atoms with van der Waals surface area (Å²) in [6.45, 7) is 6.85. The van der Waals surface area contributed by atoms with Crippen LogP contribution in [0.3, 0.4) is 0 Å². The lowest BCUT2D eigenvalue weighted by molar-refractivity contribution is -0.148. The van der Waals surface area contributed by atoms with Crippen LogP contribution in [0.5, 0.6) is 0 Å². The van der Waals surface area contributed by atoms with Gasteiger partial charge in [-0.2, -0.15) is 0 Å². The molecule has 0 bridgehead atoms. The van der Waals surface area contributed by atoms with E-state index in [2.05, 4.69) is 34.7 Å². The van der Waals surface area contributed by atoms with Crippen LogP contribution in [0.2, 0.25) is 0 Å². The Labute approximate surface area is 133 Å². The van der Waals surface area contributed by atoms with Gasteiger partial charge in [-0.1, -0.05) is 47.1 Å². The first-order valence-corrected chi connectivity index (χ1v) is 7.94. The third-order valence-corrected chi connectivity index (χ3v) is 4.87. The average molecular weight is 348 g/mol. The first kappa shape index (κ1) is 14.5. The van der Waals surface area contributed by atoms with Crippen LogP contribution < -0.4 is 4.90 Å². The predicted octanol–water partition coefficient (Wildman–Crippen LogP) is 3.79. The molecule has 1 aromatic carbocycles. The van der Waals surface area contributed by atoms with Crippen molar-refractivity contribution in [2.24, 2.45) is 5.92 Å². The highest BCUT2D eigenvalue weighted by Crippen LogP contribution is 2.51. The molecular weight excluding hydrogens is 330 g/mol. The molecule has 2 aliphatic rings. The van der Waals surface area contributed by atoms with Crippen molar-refractivity contribution in [3.63, 3.8) is 0 Å². The summed E-state index contributed by atoms with van der Waals surface area (Å²) < 4.78 is 7.06. The number of ether oxygens (including phenoxy) is 1. The SMILES string of the molecule is C=CCN1C(=O)C2(OCCC=CC2C)c2c(Br)cccc21. The zero-order valence-corrected chi connectivity index (χ0v) is 13.6. The Morgan fingerprint density at radius 3 is 3.14 bits per heavy atom. The molecule has 2 aliphatic heterocycles. The van der Waals surface area contributed by atoms with Crippen LogP contribution in [0.15, 0.2) is 47.5 Å². The second-order valence-corrected chi connectivity index (χ2v) is 6.28. The fourth-order valence-corrected chi connectivity index (χ4v) is 3.89. The summed E-state index contributed by atoms with van der Waals surface area (Å²) in [5.41, 5.74) is 0.929. The van der Waals surface area contributed by atoms with Gasteiger partial charge in [0.2, 0.25) is 0 Å². The van der Waals surface area contributed by atoms with Crippen LogP contribution in [0.1, 0.15) is 18.9 Å². The summed E-state index contributed by atoms with van der Waals surface area (Å²) in [7, 11) is 0. The highest BCUT2D eigenvalue weighted by Gasteiger charge is 2.55. The summed E-state index contributed by atoms with van der Waals surface area (Å²) in [5.74, 6) is -0.0110. The molecule has 1 spiro atoms. The minimum absolute atomic E-state index is 0.00310. The van der Waals surface area contributed by atoms with Crippen molar-refractivity contribution in [3.8, 4) is 0 Å². The van der Waals surface area contributed by atoms with E-state index in [4.69, 9.17) is 4.74 Å². The maximum atomic E-state index is 13.1. The van der Waals surface area contributed by atoms with Crippen LogP contribution >= 0.6 is 15.9 Å². The highest BCUT2D eigenvalue weighted by molar-refractivity contribution is 9.10. The molecule has 1 amide bonds. The normalized spacial score (nSPS) is 27.8. The molecule has 0 radical (unpaired) electrons. The molecule has 0 N–H and O–H groups in total. The van der Waals surface area contributed by atoms with E-state index in [1.165, 1.54) is 0 Å². The Bertz CT molecular complexity index is 625. The number of carbonyl (C=O) groups is 1. The number of halogens is 1. The third kappa shape index (κ3) is 2.00. The van der Waals surface area contributed by atoms with Gasteiger partial charge in [0.1, 0.15) is 0 Å². The molecular formula is C17H18BrNO2. The van der Waals surface area contributed by atoms with Gasteiger partial charge in [0.25, 0.3) is 5.91 Å². The topological polar surface area (TPSA) is 29.5 Å². The summed E-state index contributed by atoms with van der Waals surface area (Å²) in [6.07, 6.45) is 6.77. The van der Waals surface area contributed by atoms with Gasteiger partial charge in [-0.15, -0.1) is 6.58 Å². The number of hydrogen-bond donors (Lipinski definition) is 0. The minimum atomic E-state index is -0.925. The van der Waals surface area contributed by atoms with Crippen LogP contribution in [0.4, 0.5) is 5.69 Å². The van der Waals surface area contributed by atoms with Gasteiger partial charge in [0.05, 0.1) is 12.3 Å². The van der Waals surface area contributed by atoms with Gasteiger partial charge in [0, 0.05) is 22.5 Å². The lowest BCUT2D eigenvalue weighted by Crippen LogP contribution is -2.46. The van der Waals surface area contributed by atoms with E-state index in [1.807, 2.05) is 25.1 Å². The number of anilines is 1. The fourth-order valence-electron chi connectivity index (χ4n) is 3.24. The molecule has 0 fully saturated rings. The van der Waals surface area contributed by atoms with E-state index in [-0.39, 0.29) is 11.8 Å². The Balaban J connectivity index is 2.24. The monoisotopic (exact) mass is 347 g/mol. The first-order chi connectivity index (χ1) is 10.1. The van der Waals surface area contributed by atoms with E-state index in [1.54, 1.807) is 11.0 Å². The summed E-state index contributed by atoms with van der Waals surface area (Å²) in [4.78, 5) is 14.9. The average Bonchev–Trinajstić information content (AvgIpc) is 2.60. The van der Waals surface area contributed by atoms with Crippen LogP contribution in [-0.4, -0.2) is 19.1 Å². The standard InChI is InChI=1S/C17H18BrNO2/c1-3-10-19-14-9-6-8-13(18)15(14)17(16(19)20)12(2)7-4-5-11-21-17/h3-4,6-9,12H,1,5,10-11H2,2H3. The molecule has 1 aromatic rings. The zero-order valence-electron chi connectivity index (χ0n) is 12.0. The number of carbonyl (C=O) groups excluding carboxylic acids is 1. The van der Waals surface area contributed by atoms with Crippen LogP contribution in [0.25, 0.3) is 0 Å². The number of amides is 1. The molecule has 3 rings (SSSR count). The molecule has 2 atom stereocenters. The Hall–Kier alpha value is -1.39. The molecule has 2 heterocycles. The van der Waals surface area contributed by atoms with E-state index < -0.39 is 5.60 Å². The number of benzene rings is 1. The van der Waals surface area contributed by atoms with Crippen molar-refractivity contribution in [3.05, 3.63) is 53.0 Å². The molecule has 110 valence electrons. The van der Waals surface area contributed by atoms with Crippen molar-refractivity contribution in [2.45, 2.75) is 18.9 Å². The van der Waals surface area contributed by atoms with Gasteiger partial charge in [-0.25, -0.2) is 0 Å². The molecule has 0 saturated heterocycles. The number of hydrogen-bond acceptors (Lipinski definition) is 2. The van der Waals surface area contributed by atoms with Gasteiger partial charge < -0.3 is 9.64 Å². The molecule has 0 saturated carbocycles. The van der Waals surface area contributed by atoms with Gasteiger partial charge in [-0.05, 0) is 18.6 Å². The maximum absolute atomic E-state index is 13.1. The Kier molecular flexibility index (Phi) is 3.76. The smallest absolute Gasteiger partial charge is 0.264 e. The Morgan fingerprint density at radius 1 is 1.57 bits per heavy atom. The van der Waals surface area contributed by atoms with Gasteiger partial charge in [-0.3, -0.25) is 4.79 Å². The van der Waals surface area contributed by atoms with Crippen molar-refractivity contribution in [1.29, 1.82) is 0 Å². The van der Waals surface area contributed by atoms with Crippen molar-refractivity contribution >= 4 is 27.5 Å². The molecule has 3 nitrogen and oxygen atoms in total. The largest absolute Gasteiger partial charge is 0.359 e. The zero-order chi connectivity index (χ0) is 15.0. The van der Waals surface area contributed by atoms with Crippen molar-refractivity contribution in [1.82, 2.24) is 0 Å². The van der Waals surface area contributed by atoms with Gasteiger partial charge >= 0.3 is 0 Å². The summed E-state index contributed by atoms with van der Waals surface area (Å²) in [6, 6.07) is 5.89. The lowest BCUT2D eigenvalue weighted by atomic mass is 9.83. The van der Waals surface area contributed by atoms with Gasteiger partial charge in [0.15, 0.2) is 5.60 Å². The summed E-state index contributed by atoms with van der Waals surface area (Å²) in [5, 5.41) is 0. The fraction of sp³-hybridized carbons (Fsp3) is 0.353. The molecule has 0 aromatic heterocycles. The second-order valence-electron chi connectivity index (χ2n) is 5.43. The third-order valence-electron chi connectivity index (χ3n) is 4.21. The van der Waals surface area contributed by atoms with Crippen LogP contribution in [0, 0.1) is 5.92 Å². The van der Waals surface area contributed by atoms with E-state index in [0.717, 1.165) is 22.1 Å². The maximum Gasteiger partial charge on any atom is 0.264 e. The lowest BCUT2D eigenvalue weighted by Gasteiger charge is -2.32. The highest BCUT2D eigenvalue weighted by atomic mass is 79.9. The quantitative estimate of drug-likeness (QED) is 0.761. The van der Waals surface area contributed by atoms with E-state index >= 15 is 0 Å². The molecule has 2 unspecified atom stereocenters. The van der Waals surface area contributed by atoms with Crippen molar-refractivity contribution < 1.29 is 9.53 Å². The molecule has 4 heteroatoms. The number of rotatable bonds is 2. The van der Waals surface area contributed by atoms with Crippen LogP contribution in [-0.2, 0) is 15.1 Å². The number of fused-ring (bicyclic) bond motifs is 2. The van der Waals surface area contributed by atoms with Crippen molar-refractivity contribution in [2.75, 3.05) is 18.1 Å². The predicted molar refractivity (Wildman–Crippen MR) is 87.2 cm³/mol. The number of nitrogens with zero attached hydrogens (tertiary/aromatic N) is 1. The second kappa shape index (κ2) is 5.43. The minimum Gasteiger partial charge on any atom is -0.359 e. The van der Waals surface area contributed by atoms with E-state index in [0.29, 0.717) is 13.2 Å². The van der Waals surface area contributed by atoms with E-state index in [9.17, 15) is 4.79 Å². The Morgan fingerprint density at radius 2 is 2.38 bits per heavy atom. The molecule has 0 aliphatic carbocycles. The summed E-state index contributed by atoms with van der Waals surface area (Å²) >= 11 is 3.61. The first-order valence-electron chi connectivity index (χ1n) is 7.15.